The van der Waals surface area contributed by atoms with Gasteiger partial charge in [0.2, 0.25) is 5.82 Å². The molecule has 0 aliphatic carbocycles. The first-order valence-electron chi connectivity index (χ1n) is 7.74. The predicted molar refractivity (Wildman–Crippen MR) is 101 cm³/mol. The zero-order valence-corrected chi connectivity index (χ0v) is 15.5. The number of rotatable bonds is 3. The smallest absolute Gasteiger partial charge is 0.295 e. The second-order valence-electron chi connectivity index (χ2n) is 5.62. The zero-order valence-electron chi connectivity index (χ0n) is 13.9. The summed E-state index contributed by atoms with van der Waals surface area (Å²) in [6.45, 7) is 3.82. The lowest BCUT2D eigenvalue weighted by Gasteiger charge is -1.98. The van der Waals surface area contributed by atoms with Crippen molar-refractivity contribution >= 4 is 39.8 Å². The van der Waals surface area contributed by atoms with Gasteiger partial charge >= 0.3 is 0 Å². The first-order chi connectivity index (χ1) is 12.5. The molecule has 130 valence electrons. The van der Waals surface area contributed by atoms with Gasteiger partial charge < -0.3 is 0 Å². The van der Waals surface area contributed by atoms with Gasteiger partial charge in [0.1, 0.15) is 0 Å². The predicted octanol–water partition coefficient (Wildman–Crippen LogP) is 3.77. The first-order valence-corrected chi connectivity index (χ1v) is 8.94. The van der Waals surface area contributed by atoms with Gasteiger partial charge in [-0.2, -0.15) is 4.98 Å². The summed E-state index contributed by atoms with van der Waals surface area (Å²) in [6, 6.07) is 9.21. The Morgan fingerprint density at radius 1 is 1.15 bits per heavy atom. The van der Waals surface area contributed by atoms with Crippen LogP contribution in [-0.2, 0) is 0 Å². The van der Waals surface area contributed by atoms with E-state index in [9.17, 15) is 4.79 Å². The maximum Gasteiger partial charge on any atom is 0.297 e. The van der Waals surface area contributed by atoms with Crippen LogP contribution >= 0.6 is 22.9 Å². The van der Waals surface area contributed by atoms with Crippen LogP contribution in [0.25, 0.3) is 17.0 Å². The number of amides is 1. The molecule has 4 rings (SSSR count). The quantitative estimate of drug-likeness (QED) is 0.581. The lowest BCUT2D eigenvalue weighted by molar-refractivity contribution is 0.101. The molecule has 1 amide bonds. The van der Waals surface area contributed by atoms with E-state index in [1.807, 2.05) is 38.1 Å². The maximum absolute atomic E-state index is 12.5. The van der Waals surface area contributed by atoms with Crippen molar-refractivity contribution in [1.29, 1.82) is 0 Å². The largest absolute Gasteiger partial charge is 0.297 e. The molecule has 3 heterocycles. The molecule has 9 heteroatoms. The van der Waals surface area contributed by atoms with Gasteiger partial charge in [0.25, 0.3) is 11.7 Å². The average molecular weight is 385 g/mol. The normalized spacial score (nSPS) is 11.0. The van der Waals surface area contributed by atoms with Crippen LogP contribution in [0, 0.1) is 13.8 Å². The number of nitrogens with zero attached hydrogens (tertiary/aromatic N) is 5. The van der Waals surface area contributed by atoms with Crippen molar-refractivity contribution in [3.8, 4) is 11.3 Å². The second kappa shape index (κ2) is 6.47. The molecule has 7 nitrogen and oxygen atoms in total. The molecule has 0 saturated carbocycles. The maximum atomic E-state index is 12.5. The Kier molecular flexibility index (Phi) is 4.14. The third-order valence-electron chi connectivity index (χ3n) is 3.77. The first kappa shape index (κ1) is 16.6. The monoisotopic (exact) mass is 384 g/mol. The van der Waals surface area contributed by atoms with E-state index >= 15 is 0 Å². The summed E-state index contributed by atoms with van der Waals surface area (Å²) in [4.78, 5) is 26.2. The molecule has 0 saturated heterocycles. The van der Waals surface area contributed by atoms with Gasteiger partial charge in [0.05, 0.1) is 5.69 Å². The Balaban J connectivity index is 1.60. The molecule has 0 atom stereocenters. The number of anilines is 1. The summed E-state index contributed by atoms with van der Waals surface area (Å²) in [5.41, 5.74) is 2.59. The molecule has 0 radical (unpaired) electrons. The SMILES string of the molecule is Cc1sc(NC(=O)c2nc3nccc(C)n3n2)nc1-c1ccc(Cl)cc1. The average Bonchev–Trinajstić information content (AvgIpc) is 3.20. The molecule has 1 aromatic carbocycles. The number of hydrogen-bond donors (Lipinski definition) is 1. The molecule has 0 aliphatic heterocycles. The Bertz CT molecular complexity index is 1120. The summed E-state index contributed by atoms with van der Waals surface area (Å²) in [7, 11) is 0. The second-order valence-corrected chi connectivity index (χ2v) is 7.26. The van der Waals surface area contributed by atoms with Crippen LogP contribution in [0.5, 0.6) is 0 Å². The van der Waals surface area contributed by atoms with Gasteiger partial charge in [0, 0.05) is 27.4 Å². The number of aromatic nitrogens is 5. The van der Waals surface area contributed by atoms with Gasteiger partial charge in [-0.1, -0.05) is 23.7 Å². The van der Waals surface area contributed by atoms with Crippen LogP contribution in [-0.4, -0.2) is 30.5 Å². The highest BCUT2D eigenvalue weighted by atomic mass is 35.5. The zero-order chi connectivity index (χ0) is 18.3. The molecule has 0 aliphatic rings. The minimum absolute atomic E-state index is 0.0488. The molecule has 0 spiro atoms. The van der Waals surface area contributed by atoms with Gasteiger partial charge in [-0.15, -0.1) is 16.4 Å². The highest BCUT2D eigenvalue weighted by Crippen LogP contribution is 2.31. The van der Waals surface area contributed by atoms with Crippen molar-refractivity contribution in [3.05, 3.63) is 57.9 Å². The van der Waals surface area contributed by atoms with E-state index < -0.39 is 5.91 Å². The van der Waals surface area contributed by atoms with E-state index in [1.54, 1.807) is 12.3 Å². The molecule has 1 N–H and O–H groups in total. The number of carbonyl (C=O) groups excluding carboxylic acids is 1. The van der Waals surface area contributed by atoms with E-state index in [0.29, 0.717) is 15.9 Å². The Hall–Kier alpha value is -2.84. The molecule has 0 bridgehead atoms. The molecule has 0 fully saturated rings. The molecule has 26 heavy (non-hydrogen) atoms. The summed E-state index contributed by atoms with van der Waals surface area (Å²) in [5.74, 6) is 0.00586. The number of nitrogens with one attached hydrogen (secondary N) is 1. The van der Waals surface area contributed by atoms with Gasteiger partial charge in [-0.25, -0.2) is 14.5 Å². The van der Waals surface area contributed by atoms with Crippen molar-refractivity contribution < 1.29 is 4.79 Å². The van der Waals surface area contributed by atoms with Crippen LogP contribution in [0.1, 0.15) is 21.2 Å². The lowest BCUT2D eigenvalue weighted by atomic mass is 10.1. The minimum atomic E-state index is -0.425. The lowest BCUT2D eigenvalue weighted by Crippen LogP contribution is -2.13. The summed E-state index contributed by atoms with van der Waals surface area (Å²) in [5, 5.41) is 8.11. The molecular weight excluding hydrogens is 372 g/mol. The van der Waals surface area contributed by atoms with Crippen molar-refractivity contribution in [2.75, 3.05) is 5.32 Å². The third kappa shape index (κ3) is 3.04. The van der Waals surface area contributed by atoms with Gasteiger partial charge in [-0.05, 0) is 32.0 Å². The highest BCUT2D eigenvalue weighted by Gasteiger charge is 2.17. The Morgan fingerprint density at radius 3 is 2.65 bits per heavy atom. The standard InChI is InChI=1S/C17H13ClN6OS/c1-9-7-8-19-16-21-14(23-24(9)16)15(25)22-17-20-13(10(2)26-17)11-3-5-12(18)6-4-11/h3-8H,1-2H3,(H,20,22,25). The Morgan fingerprint density at radius 2 is 1.92 bits per heavy atom. The molecule has 4 aromatic rings. The number of aryl methyl sites for hydroxylation is 2. The van der Waals surface area contributed by atoms with E-state index in [0.717, 1.165) is 21.8 Å². The summed E-state index contributed by atoms with van der Waals surface area (Å²) >= 11 is 7.32. The Labute approximate surface area is 157 Å². The molecular formula is C17H13ClN6OS. The fraction of sp³-hybridized carbons (Fsp3) is 0.118. The van der Waals surface area contributed by atoms with Crippen LogP contribution in [0.3, 0.4) is 0 Å². The van der Waals surface area contributed by atoms with Crippen molar-refractivity contribution in [2.45, 2.75) is 13.8 Å². The van der Waals surface area contributed by atoms with E-state index in [-0.39, 0.29) is 5.82 Å². The minimum Gasteiger partial charge on any atom is -0.295 e. The van der Waals surface area contributed by atoms with E-state index in [4.69, 9.17) is 11.6 Å². The van der Waals surface area contributed by atoms with Crippen molar-refractivity contribution in [3.63, 3.8) is 0 Å². The van der Waals surface area contributed by atoms with Gasteiger partial charge in [0.15, 0.2) is 5.13 Å². The van der Waals surface area contributed by atoms with Gasteiger partial charge in [-0.3, -0.25) is 10.1 Å². The number of fused-ring (bicyclic) bond motifs is 1. The topological polar surface area (TPSA) is 85.1 Å². The molecule has 0 unspecified atom stereocenters. The third-order valence-corrected chi connectivity index (χ3v) is 4.91. The number of thiazole rings is 1. The van der Waals surface area contributed by atoms with Crippen LogP contribution in [0.15, 0.2) is 36.5 Å². The van der Waals surface area contributed by atoms with Crippen LogP contribution in [0.2, 0.25) is 5.02 Å². The van der Waals surface area contributed by atoms with E-state index in [2.05, 4.69) is 25.4 Å². The van der Waals surface area contributed by atoms with Crippen molar-refractivity contribution in [2.24, 2.45) is 0 Å². The number of halogens is 1. The fourth-order valence-corrected chi connectivity index (χ4v) is 3.44. The van der Waals surface area contributed by atoms with Crippen LogP contribution < -0.4 is 5.32 Å². The van der Waals surface area contributed by atoms with Crippen molar-refractivity contribution in [1.82, 2.24) is 24.6 Å². The fourth-order valence-electron chi connectivity index (χ4n) is 2.48. The van der Waals surface area contributed by atoms with E-state index in [1.165, 1.54) is 15.9 Å². The summed E-state index contributed by atoms with van der Waals surface area (Å²) in [6.07, 6.45) is 1.63. The number of carbonyl (C=O) groups is 1. The van der Waals surface area contributed by atoms with Crippen LogP contribution in [0.4, 0.5) is 5.13 Å². The summed E-state index contributed by atoms with van der Waals surface area (Å²) < 4.78 is 1.53. The highest BCUT2D eigenvalue weighted by molar-refractivity contribution is 7.16. The number of benzene rings is 1. The molecule has 3 aromatic heterocycles. The number of hydrogen-bond acceptors (Lipinski definition) is 6.